The molecule has 1 heterocycles. The first-order valence-electron chi connectivity index (χ1n) is 5.09. The van der Waals surface area contributed by atoms with E-state index in [1.54, 1.807) is 0 Å². The van der Waals surface area contributed by atoms with E-state index in [1.807, 2.05) is 0 Å². The summed E-state index contributed by atoms with van der Waals surface area (Å²) < 4.78 is 0. The van der Waals surface area contributed by atoms with E-state index in [0.29, 0.717) is 24.3 Å². The van der Waals surface area contributed by atoms with Gasteiger partial charge in [-0.3, -0.25) is 0 Å². The maximum absolute atomic E-state index is 5.54. The molecule has 0 amide bonds. The zero-order valence-corrected chi connectivity index (χ0v) is 9.59. The molecular formula is C9H16ClN5. The molecule has 0 spiro atoms. The van der Waals surface area contributed by atoms with E-state index < -0.39 is 0 Å². The first-order chi connectivity index (χ1) is 7.36. The second-order valence-electron chi connectivity index (χ2n) is 3.03. The van der Waals surface area contributed by atoms with Gasteiger partial charge in [-0.2, -0.15) is 4.98 Å². The van der Waals surface area contributed by atoms with Crippen molar-refractivity contribution in [3.8, 4) is 0 Å². The number of nitrogens with one attached hydrogen (secondary N) is 2. The summed E-state index contributed by atoms with van der Waals surface area (Å²) in [7, 11) is 0. The average Bonchev–Trinajstić information content (AvgIpc) is 2.27. The fourth-order valence-corrected chi connectivity index (χ4v) is 1.10. The highest BCUT2D eigenvalue weighted by atomic mass is 35.5. The van der Waals surface area contributed by atoms with E-state index in [4.69, 9.17) is 11.6 Å². The van der Waals surface area contributed by atoms with Gasteiger partial charge in [-0.1, -0.05) is 13.3 Å². The third-order valence-corrected chi connectivity index (χ3v) is 1.95. The molecule has 0 aromatic carbocycles. The van der Waals surface area contributed by atoms with Gasteiger partial charge in [0.25, 0.3) is 0 Å². The van der Waals surface area contributed by atoms with Crippen LogP contribution in [0.2, 0.25) is 0 Å². The van der Waals surface area contributed by atoms with Gasteiger partial charge in [0.05, 0.1) is 0 Å². The highest BCUT2D eigenvalue weighted by Gasteiger charge is 1.98. The normalized spacial score (nSPS) is 10.0. The molecule has 0 saturated heterocycles. The number of alkyl halides is 1. The van der Waals surface area contributed by atoms with Crippen molar-refractivity contribution < 1.29 is 0 Å². The number of hydrogen-bond donors (Lipinski definition) is 2. The van der Waals surface area contributed by atoms with Crippen molar-refractivity contribution in [1.29, 1.82) is 0 Å². The Labute approximate surface area is 94.7 Å². The summed E-state index contributed by atoms with van der Waals surface area (Å²) in [6, 6.07) is 0. The number of unbranched alkanes of at least 4 members (excludes halogenated alkanes) is 1. The van der Waals surface area contributed by atoms with Crippen LogP contribution in [-0.4, -0.2) is 33.9 Å². The van der Waals surface area contributed by atoms with E-state index in [2.05, 4.69) is 32.5 Å². The van der Waals surface area contributed by atoms with Crippen molar-refractivity contribution in [2.45, 2.75) is 19.8 Å². The molecule has 5 nitrogen and oxygen atoms in total. The standard InChI is InChI=1S/C9H16ClN5/c1-2-3-5-11-8-13-7-14-9(15-8)12-6-4-10/h7H,2-6H2,1H3,(H2,11,12,13,14,15). The number of anilines is 2. The van der Waals surface area contributed by atoms with Crippen LogP contribution >= 0.6 is 11.6 Å². The van der Waals surface area contributed by atoms with Gasteiger partial charge in [0.2, 0.25) is 11.9 Å². The Kier molecular flexibility index (Phi) is 5.77. The van der Waals surface area contributed by atoms with Crippen molar-refractivity contribution in [3.63, 3.8) is 0 Å². The molecule has 15 heavy (non-hydrogen) atoms. The lowest BCUT2D eigenvalue weighted by atomic mass is 10.3. The van der Waals surface area contributed by atoms with Gasteiger partial charge in [-0.05, 0) is 6.42 Å². The van der Waals surface area contributed by atoms with Crippen LogP contribution in [-0.2, 0) is 0 Å². The Morgan fingerprint density at radius 3 is 2.47 bits per heavy atom. The predicted octanol–water partition coefficient (Wildman–Crippen LogP) is 1.73. The van der Waals surface area contributed by atoms with Gasteiger partial charge in [0, 0.05) is 19.0 Å². The number of aromatic nitrogens is 3. The molecule has 1 aromatic heterocycles. The lowest BCUT2D eigenvalue weighted by Crippen LogP contribution is -2.10. The van der Waals surface area contributed by atoms with E-state index in [1.165, 1.54) is 6.33 Å². The smallest absolute Gasteiger partial charge is 0.227 e. The molecule has 2 N–H and O–H groups in total. The molecule has 0 atom stereocenters. The molecule has 0 aliphatic rings. The van der Waals surface area contributed by atoms with Crippen molar-refractivity contribution in [3.05, 3.63) is 6.33 Å². The lowest BCUT2D eigenvalue weighted by Gasteiger charge is -2.05. The molecule has 1 aromatic rings. The molecule has 84 valence electrons. The Morgan fingerprint density at radius 1 is 1.20 bits per heavy atom. The minimum atomic E-state index is 0.532. The molecule has 0 aliphatic heterocycles. The van der Waals surface area contributed by atoms with Gasteiger partial charge in [0.1, 0.15) is 6.33 Å². The van der Waals surface area contributed by atoms with Crippen LogP contribution in [0.4, 0.5) is 11.9 Å². The summed E-state index contributed by atoms with van der Waals surface area (Å²) in [4.78, 5) is 12.2. The molecule has 0 aliphatic carbocycles. The summed E-state index contributed by atoms with van der Waals surface area (Å²) in [5.74, 6) is 1.70. The summed E-state index contributed by atoms with van der Waals surface area (Å²) in [6.07, 6.45) is 3.74. The van der Waals surface area contributed by atoms with Gasteiger partial charge in [-0.25, -0.2) is 9.97 Å². The molecule has 0 fully saturated rings. The van der Waals surface area contributed by atoms with E-state index in [-0.39, 0.29) is 0 Å². The Hall–Kier alpha value is -1.10. The highest BCUT2D eigenvalue weighted by Crippen LogP contribution is 2.01. The number of hydrogen-bond acceptors (Lipinski definition) is 5. The monoisotopic (exact) mass is 229 g/mol. The topological polar surface area (TPSA) is 62.7 Å². The van der Waals surface area contributed by atoms with Crippen LogP contribution in [0.25, 0.3) is 0 Å². The van der Waals surface area contributed by atoms with Gasteiger partial charge >= 0.3 is 0 Å². The summed E-state index contributed by atoms with van der Waals surface area (Å²) in [5.41, 5.74) is 0. The minimum absolute atomic E-state index is 0.532. The van der Waals surface area contributed by atoms with Crippen LogP contribution in [0, 0.1) is 0 Å². The minimum Gasteiger partial charge on any atom is -0.354 e. The van der Waals surface area contributed by atoms with Crippen LogP contribution in [0.5, 0.6) is 0 Å². The lowest BCUT2D eigenvalue weighted by molar-refractivity contribution is 0.824. The Balaban J connectivity index is 2.42. The Bertz CT molecular complexity index is 281. The summed E-state index contributed by atoms with van der Waals surface area (Å²) in [6.45, 7) is 3.68. The average molecular weight is 230 g/mol. The van der Waals surface area contributed by atoms with Gasteiger partial charge in [-0.15, -0.1) is 11.6 Å². The fraction of sp³-hybridized carbons (Fsp3) is 0.667. The van der Waals surface area contributed by atoms with Crippen LogP contribution in [0.1, 0.15) is 19.8 Å². The first kappa shape index (κ1) is 12.0. The molecule has 0 bridgehead atoms. The number of nitrogens with zero attached hydrogens (tertiary/aromatic N) is 3. The van der Waals surface area contributed by atoms with Crippen molar-refractivity contribution in [2.24, 2.45) is 0 Å². The first-order valence-corrected chi connectivity index (χ1v) is 5.63. The highest BCUT2D eigenvalue weighted by molar-refractivity contribution is 6.18. The maximum Gasteiger partial charge on any atom is 0.227 e. The molecule has 6 heteroatoms. The third kappa shape index (κ3) is 4.78. The molecular weight excluding hydrogens is 214 g/mol. The number of rotatable bonds is 7. The zero-order chi connectivity index (χ0) is 10.9. The maximum atomic E-state index is 5.54. The molecule has 0 radical (unpaired) electrons. The quantitative estimate of drug-likeness (QED) is 0.551. The fourth-order valence-electron chi connectivity index (χ4n) is 1.00. The predicted molar refractivity (Wildman–Crippen MR) is 62.4 cm³/mol. The Morgan fingerprint density at radius 2 is 1.87 bits per heavy atom. The van der Waals surface area contributed by atoms with Crippen LogP contribution in [0.3, 0.4) is 0 Å². The van der Waals surface area contributed by atoms with E-state index in [0.717, 1.165) is 19.4 Å². The van der Waals surface area contributed by atoms with Crippen LogP contribution in [0.15, 0.2) is 6.33 Å². The summed E-state index contributed by atoms with van der Waals surface area (Å²) in [5, 5.41) is 6.12. The van der Waals surface area contributed by atoms with Crippen LogP contribution < -0.4 is 10.6 Å². The van der Waals surface area contributed by atoms with Crippen molar-refractivity contribution >= 4 is 23.5 Å². The largest absolute Gasteiger partial charge is 0.354 e. The van der Waals surface area contributed by atoms with Crippen molar-refractivity contribution in [2.75, 3.05) is 29.6 Å². The van der Waals surface area contributed by atoms with E-state index in [9.17, 15) is 0 Å². The van der Waals surface area contributed by atoms with Crippen molar-refractivity contribution in [1.82, 2.24) is 15.0 Å². The van der Waals surface area contributed by atoms with Gasteiger partial charge < -0.3 is 10.6 Å². The molecule has 1 rings (SSSR count). The van der Waals surface area contributed by atoms with E-state index >= 15 is 0 Å². The third-order valence-electron chi connectivity index (χ3n) is 1.76. The summed E-state index contributed by atoms with van der Waals surface area (Å²) >= 11 is 5.54. The second-order valence-corrected chi connectivity index (χ2v) is 3.41. The SMILES string of the molecule is CCCCNc1ncnc(NCCCl)n1. The van der Waals surface area contributed by atoms with Gasteiger partial charge in [0.15, 0.2) is 0 Å². The molecule has 0 unspecified atom stereocenters. The molecule has 0 saturated carbocycles. The number of halogens is 1. The second kappa shape index (κ2) is 7.23. The zero-order valence-electron chi connectivity index (χ0n) is 8.83.